The third kappa shape index (κ3) is 57.8. The van der Waals surface area contributed by atoms with E-state index in [2.05, 4.69) is 48.5 Å². The summed E-state index contributed by atoms with van der Waals surface area (Å²) in [5, 5.41) is 10.5. The number of rotatable bonds is 63. The quantitative estimate of drug-likeness (QED) is 0.0222. The lowest BCUT2D eigenvalue weighted by Crippen LogP contribution is -2.30. The Bertz CT molecular complexity index is 1670. The van der Waals surface area contributed by atoms with Crippen molar-refractivity contribution < 1.29 is 80.2 Å². The SMILES string of the molecule is CCCCCCCCCCC(=O)OC[C@H](COP(=O)(O)OC[C@H](O)COP(=O)(O)OC[C@@H](COC(=O)CCCCCCCCCCCC(C)C)OC(=O)CCCCCCCCCCCCCC(C)C)OC(=O)CCCCCCCCC(C)CC. The number of phosphoric acid groups is 2. The highest BCUT2D eigenvalue weighted by Gasteiger charge is 2.30. The van der Waals surface area contributed by atoms with Crippen LogP contribution in [0.5, 0.6) is 0 Å². The fourth-order valence-corrected chi connectivity index (χ4v) is 11.2. The molecule has 0 radical (unpaired) electrons. The molecule has 0 aliphatic heterocycles. The molecule has 0 aromatic rings. The number of unbranched alkanes of at least 4 members (excludes halogenated alkanes) is 30. The van der Waals surface area contributed by atoms with Crippen molar-refractivity contribution in [2.45, 2.75) is 336 Å². The molecular formula is C65H126O17P2. The highest BCUT2D eigenvalue weighted by molar-refractivity contribution is 7.47. The Balaban J connectivity index is 5.24. The molecule has 3 unspecified atom stereocenters. The van der Waals surface area contributed by atoms with E-state index in [1.54, 1.807) is 0 Å². The van der Waals surface area contributed by atoms with Crippen LogP contribution >= 0.6 is 15.6 Å². The molecular weight excluding hydrogens is 1110 g/mol. The summed E-state index contributed by atoms with van der Waals surface area (Å²) in [4.78, 5) is 72.2. The first-order valence-corrected chi connectivity index (χ1v) is 36.9. The molecule has 498 valence electrons. The molecule has 0 bridgehead atoms. The molecule has 0 aliphatic carbocycles. The molecule has 6 atom stereocenters. The van der Waals surface area contributed by atoms with Crippen molar-refractivity contribution in [1.29, 1.82) is 0 Å². The summed E-state index contributed by atoms with van der Waals surface area (Å²) in [7, 11) is -9.89. The Kier molecular flexibility index (Phi) is 55.0. The third-order valence-corrected chi connectivity index (χ3v) is 17.1. The van der Waals surface area contributed by atoms with E-state index in [1.807, 2.05) is 0 Å². The van der Waals surface area contributed by atoms with Gasteiger partial charge in [0.1, 0.15) is 19.3 Å². The van der Waals surface area contributed by atoms with Crippen LogP contribution in [0, 0.1) is 17.8 Å². The zero-order valence-electron chi connectivity index (χ0n) is 54.4. The second-order valence-corrected chi connectivity index (χ2v) is 27.6. The van der Waals surface area contributed by atoms with Crippen molar-refractivity contribution in [3.63, 3.8) is 0 Å². The molecule has 17 nitrogen and oxygen atoms in total. The lowest BCUT2D eigenvalue weighted by molar-refractivity contribution is -0.161. The first-order valence-electron chi connectivity index (χ1n) is 33.9. The number of phosphoric ester groups is 2. The van der Waals surface area contributed by atoms with Gasteiger partial charge in [-0.05, 0) is 43.4 Å². The molecule has 0 aliphatic rings. The van der Waals surface area contributed by atoms with Crippen LogP contribution in [0.3, 0.4) is 0 Å². The smallest absolute Gasteiger partial charge is 0.462 e. The lowest BCUT2D eigenvalue weighted by Gasteiger charge is -2.21. The monoisotopic (exact) mass is 1240 g/mol. The lowest BCUT2D eigenvalue weighted by atomic mass is 10.00. The summed E-state index contributed by atoms with van der Waals surface area (Å²) < 4.78 is 68.0. The Morgan fingerprint density at radius 1 is 0.345 bits per heavy atom. The molecule has 0 heterocycles. The summed E-state index contributed by atoms with van der Waals surface area (Å²) in [5.41, 5.74) is 0. The maximum atomic E-state index is 13.0. The van der Waals surface area contributed by atoms with Gasteiger partial charge in [0.15, 0.2) is 12.2 Å². The largest absolute Gasteiger partial charge is 0.472 e. The first kappa shape index (κ1) is 82.1. The summed E-state index contributed by atoms with van der Waals surface area (Å²) in [5.74, 6) is 0.0910. The molecule has 0 fully saturated rings. The fraction of sp³-hybridized carbons (Fsp3) is 0.938. The minimum atomic E-state index is -4.95. The van der Waals surface area contributed by atoms with E-state index in [1.165, 1.54) is 122 Å². The van der Waals surface area contributed by atoms with Crippen LogP contribution in [0.15, 0.2) is 0 Å². The van der Waals surface area contributed by atoms with Crippen LogP contribution in [0.4, 0.5) is 0 Å². The summed E-state index contributed by atoms with van der Waals surface area (Å²) >= 11 is 0. The number of carbonyl (C=O) groups is 4. The van der Waals surface area contributed by atoms with Crippen molar-refractivity contribution in [2.75, 3.05) is 39.6 Å². The molecule has 0 saturated heterocycles. The summed E-state index contributed by atoms with van der Waals surface area (Å²) in [6.07, 6.45) is 37.6. The third-order valence-electron chi connectivity index (χ3n) is 15.2. The number of aliphatic hydroxyl groups excluding tert-OH is 1. The summed E-state index contributed by atoms with van der Waals surface area (Å²) in [6.45, 7) is 11.7. The number of hydrogen-bond donors (Lipinski definition) is 3. The molecule has 0 saturated carbocycles. The van der Waals surface area contributed by atoms with Gasteiger partial charge < -0.3 is 33.8 Å². The number of esters is 4. The Morgan fingerprint density at radius 2 is 0.607 bits per heavy atom. The number of hydrogen-bond acceptors (Lipinski definition) is 15. The van der Waals surface area contributed by atoms with Gasteiger partial charge in [0.25, 0.3) is 0 Å². The fourth-order valence-electron chi connectivity index (χ4n) is 9.62. The number of carbonyl (C=O) groups excluding carboxylic acids is 4. The van der Waals surface area contributed by atoms with E-state index in [9.17, 15) is 43.2 Å². The number of aliphatic hydroxyl groups is 1. The zero-order chi connectivity index (χ0) is 62.4. The topological polar surface area (TPSA) is 237 Å². The minimum absolute atomic E-state index is 0.102. The van der Waals surface area contributed by atoms with E-state index in [0.29, 0.717) is 25.7 Å². The standard InChI is InChI=1S/C65H126O17P2/c1-8-10-11-12-13-24-32-39-46-62(67)75-53-61(82-65(70)49-42-35-28-27-31-38-45-58(7)9-2)55-80-84(73,74)78-51-59(66)50-77-83(71,72)79-54-60(52-76-63(68)47-40-33-25-21-17-19-23-30-37-44-57(5)6)81-64(69)48-41-34-26-20-16-14-15-18-22-29-36-43-56(3)4/h56-61,66H,8-55H2,1-7H3,(H,71,72)(H,73,74)/t58?,59-,60-,61-/m1/s1. The zero-order valence-corrected chi connectivity index (χ0v) is 56.1. The molecule has 3 N–H and O–H groups in total. The van der Waals surface area contributed by atoms with Crippen molar-refractivity contribution in [2.24, 2.45) is 17.8 Å². The highest BCUT2D eigenvalue weighted by Crippen LogP contribution is 2.45. The van der Waals surface area contributed by atoms with Crippen molar-refractivity contribution in [3.05, 3.63) is 0 Å². The van der Waals surface area contributed by atoms with E-state index in [0.717, 1.165) is 114 Å². The normalized spacial score (nSPS) is 14.7. The van der Waals surface area contributed by atoms with E-state index >= 15 is 0 Å². The average Bonchev–Trinajstić information content (AvgIpc) is 3.49. The molecule has 0 spiro atoms. The average molecular weight is 1240 g/mol. The summed E-state index contributed by atoms with van der Waals surface area (Å²) in [6, 6.07) is 0. The maximum absolute atomic E-state index is 13.0. The van der Waals surface area contributed by atoms with Crippen LogP contribution in [0.1, 0.15) is 318 Å². The van der Waals surface area contributed by atoms with Crippen LogP contribution in [-0.2, 0) is 65.4 Å². The van der Waals surface area contributed by atoms with Gasteiger partial charge in [-0.15, -0.1) is 0 Å². The van der Waals surface area contributed by atoms with Crippen molar-refractivity contribution in [3.8, 4) is 0 Å². The van der Waals surface area contributed by atoms with E-state index in [4.69, 9.17) is 37.0 Å². The van der Waals surface area contributed by atoms with Crippen LogP contribution < -0.4 is 0 Å². The van der Waals surface area contributed by atoms with Gasteiger partial charge in [0.2, 0.25) is 0 Å². The predicted octanol–water partition coefficient (Wildman–Crippen LogP) is 17.9. The second kappa shape index (κ2) is 56.3. The maximum Gasteiger partial charge on any atom is 0.472 e. The van der Waals surface area contributed by atoms with Gasteiger partial charge >= 0.3 is 39.5 Å². The molecule has 0 aromatic carbocycles. The Morgan fingerprint density at radius 3 is 0.905 bits per heavy atom. The Labute approximate surface area is 511 Å². The Hall–Kier alpha value is -1.94. The molecule has 0 aromatic heterocycles. The van der Waals surface area contributed by atoms with Gasteiger partial charge in [0.05, 0.1) is 26.4 Å². The van der Waals surface area contributed by atoms with Gasteiger partial charge in [-0.25, -0.2) is 9.13 Å². The molecule has 0 rings (SSSR count). The minimum Gasteiger partial charge on any atom is -0.462 e. The van der Waals surface area contributed by atoms with Crippen LogP contribution in [0.2, 0.25) is 0 Å². The predicted molar refractivity (Wildman–Crippen MR) is 335 cm³/mol. The molecule has 0 amide bonds. The van der Waals surface area contributed by atoms with Gasteiger partial charge in [-0.2, -0.15) is 0 Å². The van der Waals surface area contributed by atoms with Gasteiger partial charge in [0, 0.05) is 25.7 Å². The first-order chi connectivity index (χ1) is 40.3. The van der Waals surface area contributed by atoms with Crippen LogP contribution in [-0.4, -0.2) is 96.7 Å². The molecule has 19 heteroatoms. The van der Waals surface area contributed by atoms with E-state index < -0.39 is 97.5 Å². The number of ether oxygens (including phenoxy) is 4. The van der Waals surface area contributed by atoms with Gasteiger partial charge in [-0.1, -0.05) is 267 Å². The van der Waals surface area contributed by atoms with E-state index in [-0.39, 0.29) is 25.7 Å². The van der Waals surface area contributed by atoms with Crippen molar-refractivity contribution in [1.82, 2.24) is 0 Å². The van der Waals surface area contributed by atoms with Crippen molar-refractivity contribution >= 4 is 39.5 Å². The van der Waals surface area contributed by atoms with Gasteiger partial charge in [-0.3, -0.25) is 37.3 Å². The second-order valence-electron chi connectivity index (χ2n) is 24.7. The van der Waals surface area contributed by atoms with Crippen LogP contribution in [0.25, 0.3) is 0 Å². The molecule has 84 heavy (non-hydrogen) atoms. The highest BCUT2D eigenvalue weighted by atomic mass is 31.2.